The van der Waals surface area contributed by atoms with Crippen LogP contribution >= 0.6 is 0 Å². The van der Waals surface area contributed by atoms with Crippen molar-refractivity contribution in [3.63, 3.8) is 0 Å². The molecule has 2 aromatic carbocycles. The molecule has 3 atom stereocenters. The summed E-state index contributed by atoms with van der Waals surface area (Å²) in [6.45, 7) is 0. The van der Waals surface area contributed by atoms with E-state index in [1.807, 2.05) is 0 Å². The van der Waals surface area contributed by atoms with Gasteiger partial charge in [0, 0.05) is 18.1 Å². The molecule has 4 fully saturated rings. The van der Waals surface area contributed by atoms with Crippen molar-refractivity contribution in [3.05, 3.63) is 36.4 Å². The molecule has 4 bridgehead atoms. The second kappa shape index (κ2) is 6.12. The van der Waals surface area contributed by atoms with Crippen molar-refractivity contribution in [1.82, 2.24) is 0 Å². The second-order valence-electron chi connectivity index (χ2n) is 8.75. The van der Waals surface area contributed by atoms with Crippen molar-refractivity contribution in [1.29, 1.82) is 0 Å². The van der Waals surface area contributed by atoms with E-state index in [9.17, 15) is 10.2 Å². The molecule has 28 heavy (non-hydrogen) atoms. The first-order valence-electron chi connectivity index (χ1n) is 9.94. The number of hydrogen-bond acceptors (Lipinski definition) is 6. The van der Waals surface area contributed by atoms with Crippen molar-refractivity contribution in [2.75, 3.05) is 11.5 Å². The molecule has 6 nitrogen and oxygen atoms in total. The molecule has 0 radical (unpaired) electrons. The molecule has 6 rings (SSSR count). The van der Waals surface area contributed by atoms with Gasteiger partial charge < -0.3 is 31.2 Å². The molecule has 148 valence electrons. The Bertz CT molecular complexity index is 901. The minimum Gasteiger partial charge on any atom is -0.506 e. The Hall–Kier alpha value is -2.76. The number of phenols is 2. The molecule has 0 heterocycles. The van der Waals surface area contributed by atoms with Crippen LogP contribution in [0.5, 0.6) is 23.0 Å². The summed E-state index contributed by atoms with van der Waals surface area (Å²) in [5.41, 5.74) is 11.9. The van der Waals surface area contributed by atoms with Gasteiger partial charge in [0.15, 0.2) is 0 Å². The van der Waals surface area contributed by atoms with E-state index in [1.54, 1.807) is 36.4 Å². The maximum absolute atomic E-state index is 9.73. The van der Waals surface area contributed by atoms with E-state index < -0.39 is 5.60 Å². The van der Waals surface area contributed by atoms with Gasteiger partial charge in [-0.15, -0.1) is 0 Å². The van der Waals surface area contributed by atoms with Crippen LogP contribution < -0.4 is 20.9 Å². The molecule has 2 aromatic rings. The Balaban J connectivity index is 1.48. The van der Waals surface area contributed by atoms with E-state index in [1.165, 1.54) is 6.42 Å². The lowest BCUT2D eigenvalue weighted by atomic mass is 9.52. The van der Waals surface area contributed by atoms with Gasteiger partial charge in [0.05, 0.1) is 11.4 Å². The third kappa shape index (κ3) is 2.79. The Labute approximate surface area is 164 Å². The van der Waals surface area contributed by atoms with Gasteiger partial charge in [0.25, 0.3) is 0 Å². The predicted molar refractivity (Wildman–Crippen MR) is 106 cm³/mol. The fraction of sp³-hybridized carbons (Fsp3) is 0.455. The number of phenolic OH excluding ortho intramolecular Hbond substituents is 2. The van der Waals surface area contributed by atoms with Gasteiger partial charge >= 0.3 is 0 Å². The lowest BCUT2D eigenvalue weighted by Gasteiger charge is -2.59. The fourth-order valence-corrected chi connectivity index (χ4v) is 5.85. The van der Waals surface area contributed by atoms with Crippen LogP contribution in [0.4, 0.5) is 11.4 Å². The van der Waals surface area contributed by atoms with Gasteiger partial charge in [-0.1, -0.05) is 0 Å². The predicted octanol–water partition coefficient (Wildman–Crippen LogP) is 3.67. The first-order valence-corrected chi connectivity index (χ1v) is 9.94. The number of ether oxygens (including phenoxy) is 2. The molecule has 0 spiro atoms. The Kier molecular flexibility index (Phi) is 3.79. The largest absolute Gasteiger partial charge is 0.506 e. The quantitative estimate of drug-likeness (QED) is 0.474. The van der Waals surface area contributed by atoms with E-state index in [0.717, 1.165) is 25.7 Å². The van der Waals surface area contributed by atoms with E-state index >= 15 is 0 Å². The minimum atomic E-state index is -0.412. The van der Waals surface area contributed by atoms with Crippen molar-refractivity contribution < 1.29 is 19.7 Å². The highest BCUT2D eigenvalue weighted by Gasteiger charge is 2.60. The zero-order valence-electron chi connectivity index (χ0n) is 15.7. The highest BCUT2D eigenvalue weighted by atomic mass is 16.6. The van der Waals surface area contributed by atoms with Gasteiger partial charge in [0.1, 0.15) is 34.7 Å². The van der Waals surface area contributed by atoms with Crippen LogP contribution in [-0.4, -0.2) is 21.9 Å². The normalized spacial score (nSPS) is 33.0. The maximum Gasteiger partial charge on any atom is 0.146 e. The van der Waals surface area contributed by atoms with E-state index in [-0.39, 0.29) is 17.6 Å². The van der Waals surface area contributed by atoms with Crippen LogP contribution in [0, 0.1) is 17.8 Å². The van der Waals surface area contributed by atoms with Crippen molar-refractivity contribution in [2.24, 2.45) is 17.8 Å². The molecule has 0 aliphatic heterocycles. The lowest BCUT2D eigenvalue weighted by Crippen LogP contribution is -2.65. The molecule has 4 saturated carbocycles. The monoisotopic (exact) mass is 382 g/mol. The molecule has 0 aromatic heterocycles. The molecule has 6 heteroatoms. The summed E-state index contributed by atoms with van der Waals surface area (Å²) < 4.78 is 13.1. The molecular weight excluding hydrogens is 356 g/mol. The van der Waals surface area contributed by atoms with Crippen LogP contribution in [0.15, 0.2) is 36.4 Å². The third-order valence-corrected chi connectivity index (χ3v) is 6.74. The average Bonchev–Trinajstić information content (AvgIpc) is 2.64. The number of aromatic hydroxyl groups is 2. The molecule has 6 N–H and O–H groups in total. The molecule has 3 unspecified atom stereocenters. The molecule has 0 saturated heterocycles. The van der Waals surface area contributed by atoms with Gasteiger partial charge in [0.2, 0.25) is 0 Å². The van der Waals surface area contributed by atoms with Gasteiger partial charge in [-0.05, 0) is 68.2 Å². The van der Waals surface area contributed by atoms with Gasteiger partial charge in [-0.25, -0.2) is 0 Å². The Morgan fingerprint density at radius 3 is 2.00 bits per heavy atom. The van der Waals surface area contributed by atoms with E-state index in [2.05, 4.69) is 0 Å². The highest BCUT2D eigenvalue weighted by Crippen LogP contribution is 2.58. The van der Waals surface area contributed by atoms with E-state index in [0.29, 0.717) is 40.6 Å². The second-order valence-corrected chi connectivity index (χ2v) is 8.75. The highest BCUT2D eigenvalue weighted by molar-refractivity contribution is 5.56. The SMILES string of the molecule is Nc1cc(OC2C3CC4CC(C3)CC2(Oc2ccc(O)c(N)c2)C4)ccc1O. The average molecular weight is 382 g/mol. The summed E-state index contributed by atoms with van der Waals surface area (Å²) in [5.74, 6) is 3.20. The molecule has 4 aliphatic carbocycles. The summed E-state index contributed by atoms with van der Waals surface area (Å²) in [7, 11) is 0. The summed E-state index contributed by atoms with van der Waals surface area (Å²) in [6.07, 6.45) is 5.44. The number of hydrogen-bond donors (Lipinski definition) is 4. The zero-order valence-corrected chi connectivity index (χ0v) is 15.7. The summed E-state index contributed by atoms with van der Waals surface area (Å²) >= 11 is 0. The maximum atomic E-state index is 9.73. The molecule has 4 aliphatic rings. The molecule has 0 amide bonds. The standard InChI is InChI=1S/C22H26N2O4/c23-17-8-15(1-3-19(17)25)27-21-14-6-12-5-13(7-14)11-22(21,10-12)28-16-2-4-20(26)18(24)9-16/h1-4,8-9,12-14,21,25-26H,5-7,10-11,23-24H2. The van der Waals surface area contributed by atoms with Crippen LogP contribution in [0.25, 0.3) is 0 Å². The Morgan fingerprint density at radius 1 is 0.821 bits per heavy atom. The summed E-state index contributed by atoms with van der Waals surface area (Å²) in [4.78, 5) is 0. The van der Waals surface area contributed by atoms with Crippen LogP contribution in [0.3, 0.4) is 0 Å². The van der Waals surface area contributed by atoms with Crippen LogP contribution in [0.2, 0.25) is 0 Å². The van der Waals surface area contributed by atoms with Gasteiger partial charge in [-0.2, -0.15) is 0 Å². The van der Waals surface area contributed by atoms with Crippen molar-refractivity contribution in [3.8, 4) is 23.0 Å². The minimum absolute atomic E-state index is 0.0583. The number of anilines is 2. The van der Waals surface area contributed by atoms with E-state index in [4.69, 9.17) is 20.9 Å². The number of nitrogen functional groups attached to an aromatic ring is 2. The number of nitrogens with two attached hydrogens (primary N) is 2. The first-order chi connectivity index (χ1) is 13.4. The summed E-state index contributed by atoms with van der Waals surface area (Å²) in [5, 5.41) is 19.4. The van der Waals surface area contributed by atoms with Crippen molar-refractivity contribution in [2.45, 2.75) is 43.8 Å². The van der Waals surface area contributed by atoms with Gasteiger partial charge in [-0.3, -0.25) is 0 Å². The number of benzene rings is 2. The molecular formula is C22H26N2O4. The van der Waals surface area contributed by atoms with Crippen molar-refractivity contribution >= 4 is 11.4 Å². The first kappa shape index (κ1) is 17.3. The smallest absolute Gasteiger partial charge is 0.146 e. The fourth-order valence-electron chi connectivity index (χ4n) is 5.85. The topological polar surface area (TPSA) is 111 Å². The number of rotatable bonds is 4. The Morgan fingerprint density at radius 2 is 1.39 bits per heavy atom. The van der Waals surface area contributed by atoms with Crippen LogP contribution in [0.1, 0.15) is 32.1 Å². The zero-order chi connectivity index (χ0) is 19.5. The summed E-state index contributed by atoms with van der Waals surface area (Å²) in [6, 6.07) is 10.0. The third-order valence-electron chi connectivity index (χ3n) is 6.74. The lowest BCUT2D eigenvalue weighted by molar-refractivity contribution is -0.180. The van der Waals surface area contributed by atoms with Crippen LogP contribution in [-0.2, 0) is 0 Å².